The second-order valence-electron chi connectivity index (χ2n) is 6.66. The van der Waals surface area contributed by atoms with Gasteiger partial charge >= 0.3 is 0 Å². The summed E-state index contributed by atoms with van der Waals surface area (Å²) in [6.07, 6.45) is 0.883. The molecule has 0 bridgehead atoms. The lowest BCUT2D eigenvalue weighted by atomic mass is 10.2. The van der Waals surface area contributed by atoms with Crippen LogP contribution in [0.2, 0.25) is 0 Å². The van der Waals surface area contributed by atoms with Gasteiger partial charge < -0.3 is 10.3 Å². The van der Waals surface area contributed by atoms with Crippen LogP contribution in [0, 0.1) is 0 Å². The van der Waals surface area contributed by atoms with Gasteiger partial charge in [0.1, 0.15) is 10.5 Å². The van der Waals surface area contributed by atoms with Crippen LogP contribution in [0.5, 0.6) is 0 Å². The van der Waals surface area contributed by atoms with Gasteiger partial charge in [-0.1, -0.05) is 37.3 Å². The molecule has 0 saturated heterocycles. The van der Waals surface area contributed by atoms with Crippen LogP contribution in [0.3, 0.4) is 0 Å². The maximum atomic E-state index is 12.4. The molecular weight excluding hydrogens is 360 g/mol. The summed E-state index contributed by atoms with van der Waals surface area (Å²) >= 11 is 1.38. The number of benzene rings is 1. The number of amides is 1. The standard InChI is InChI=1S/C20H24N4O2S/c1-3-14(2)21-18(25)13-24(11-15-7-5-4-6-8-15)12-17-22-16-9-10-27-19(16)20(26)23-17/h4-10,14H,3,11-13H2,1-2H3,(H,21,25)(H,22,23,26)/t14-/m0/s1. The number of carbonyl (C=O) groups excluding carboxylic acids is 1. The molecule has 0 aliphatic heterocycles. The summed E-state index contributed by atoms with van der Waals surface area (Å²) in [5, 5.41) is 4.86. The van der Waals surface area contributed by atoms with Crippen LogP contribution in [0.15, 0.2) is 46.6 Å². The van der Waals surface area contributed by atoms with E-state index >= 15 is 0 Å². The fourth-order valence-electron chi connectivity index (χ4n) is 2.84. The Morgan fingerprint density at radius 3 is 2.78 bits per heavy atom. The first-order valence-electron chi connectivity index (χ1n) is 9.07. The Morgan fingerprint density at radius 2 is 2.04 bits per heavy atom. The molecule has 0 fully saturated rings. The Morgan fingerprint density at radius 1 is 1.26 bits per heavy atom. The number of nitrogens with zero attached hydrogens (tertiary/aromatic N) is 2. The van der Waals surface area contributed by atoms with Gasteiger partial charge in [-0.2, -0.15) is 0 Å². The molecule has 0 aliphatic carbocycles. The maximum absolute atomic E-state index is 12.4. The van der Waals surface area contributed by atoms with Gasteiger partial charge in [0.2, 0.25) is 5.91 Å². The molecule has 7 heteroatoms. The zero-order valence-corrected chi connectivity index (χ0v) is 16.4. The number of thiophene rings is 1. The Kier molecular flexibility index (Phi) is 6.36. The molecule has 6 nitrogen and oxygen atoms in total. The third-order valence-corrected chi connectivity index (χ3v) is 5.28. The summed E-state index contributed by atoms with van der Waals surface area (Å²) in [6.45, 7) is 5.26. The van der Waals surface area contributed by atoms with E-state index in [1.807, 2.05) is 60.5 Å². The van der Waals surface area contributed by atoms with Gasteiger partial charge in [-0.3, -0.25) is 14.5 Å². The van der Waals surface area contributed by atoms with Crippen LogP contribution in [0.25, 0.3) is 10.2 Å². The van der Waals surface area contributed by atoms with E-state index in [0.29, 0.717) is 29.1 Å². The molecule has 142 valence electrons. The highest BCUT2D eigenvalue weighted by molar-refractivity contribution is 7.17. The van der Waals surface area contributed by atoms with Gasteiger partial charge in [-0.15, -0.1) is 11.3 Å². The monoisotopic (exact) mass is 384 g/mol. The molecule has 0 radical (unpaired) electrons. The molecule has 1 aromatic carbocycles. The highest BCUT2D eigenvalue weighted by atomic mass is 32.1. The van der Waals surface area contributed by atoms with Crippen LogP contribution in [0.1, 0.15) is 31.7 Å². The number of rotatable bonds is 8. The summed E-state index contributed by atoms with van der Waals surface area (Å²) < 4.78 is 0.628. The fourth-order valence-corrected chi connectivity index (χ4v) is 3.57. The van der Waals surface area contributed by atoms with Gasteiger partial charge in [0, 0.05) is 12.6 Å². The first-order valence-corrected chi connectivity index (χ1v) is 9.95. The van der Waals surface area contributed by atoms with E-state index in [1.165, 1.54) is 11.3 Å². The molecule has 0 unspecified atom stereocenters. The van der Waals surface area contributed by atoms with E-state index < -0.39 is 0 Å². The molecule has 1 atom stereocenters. The largest absolute Gasteiger partial charge is 0.353 e. The van der Waals surface area contributed by atoms with E-state index in [1.54, 1.807) is 0 Å². The molecule has 0 aliphatic rings. The predicted molar refractivity (Wildman–Crippen MR) is 109 cm³/mol. The van der Waals surface area contributed by atoms with Crippen molar-refractivity contribution in [2.75, 3.05) is 6.54 Å². The third kappa shape index (κ3) is 5.24. The van der Waals surface area contributed by atoms with Crippen LogP contribution in [-0.4, -0.2) is 33.4 Å². The highest BCUT2D eigenvalue weighted by Gasteiger charge is 2.15. The number of hydrogen-bond acceptors (Lipinski definition) is 5. The van der Waals surface area contributed by atoms with Crippen molar-refractivity contribution in [3.8, 4) is 0 Å². The first kappa shape index (κ1) is 19.3. The number of aromatic amines is 1. The second kappa shape index (κ2) is 8.92. The van der Waals surface area contributed by atoms with Crippen molar-refractivity contribution in [1.82, 2.24) is 20.2 Å². The Hall–Kier alpha value is -2.51. The summed E-state index contributed by atoms with van der Waals surface area (Å²) in [5.74, 6) is 0.539. The van der Waals surface area contributed by atoms with E-state index in [9.17, 15) is 9.59 Å². The second-order valence-corrected chi connectivity index (χ2v) is 7.57. The Balaban J connectivity index is 1.79. The Labute approximate surface area is 162 Å². The molecule has 2 aromatic heterocycles. The lowest BCUT2D eigenvalue weighted by Crippen LogP contribution is -2.40. The fraction of sp³-hybridized carbons (Fsp3) is 0.350. The number of carbonyl (C=O) groups is 1. The lowest BCUT2D eigenvalue weighted by Gasteiger charge is -2.22. The minimum atomic E-state index is -0.131. The average molecular weight is 385 g/mol. The van der Waals surface area contributed by atoms with Crippen molar-refractivity contribution in [2.24, 2.45) is 0 Å². The lowest BCUT2D eigenvalue weighted by molar-refractivity contribution is -0.123. The van der Waals surface area contributed by atoms with Crippen LogP contribution < -0.4 is 10.9 Å². The van der Waals surface area contributed by atoms with Gasteiger partial charge in [-0.25, -0.2) is 4.98 Å². The van der Waals surface area contributed by atoms with Crippen molar-refractivity contribution >= 4 is 27.5 Å². The van der Waals surface area contributed by atoms with Crippen LogP contribution in [-0.2, 0) is 17.9 Å². The van der Waals surface area contributed by atoms with Crippen molar-refractivity contribution in [2.45, 2.75) is 39.4 Å². The topological polar surface area (TPSA) is 78.1 Å². The number of nitrogens with one attached hydrogen (secondary N) is 2. The zero-order valence-electron chi connectivity index (χ0n) is 15.6. The predicted octanol–water partition coefficient (Wildman–Crippen LogP) is 2.90. The number of aromatic nitrogens is 2. The van der Waals surface area contributed by atoms with E-state index in [-0.39, 0.29) is 24.1 Å². The van der Waals surface area contributed by atoms with Crippen molar-refractivity contribution in [3.05, 3.63) is 63.5 Å². The first-order chi connectivity index (χ1) is 13.0. The minimum absolute atomic E-state index is 0.0285. The molecule has 2 N–H and O–H groups in total. The van der Waals surface area contributed by atoms with E-state index in [4.69, 9.17) is 0 Å². The van der Waals surface area contributed by atoms with Crippen LogP contribution in [0.4, 0.5) is 0 Å². The molecule has 0 saturated carbocycles. The molecule has 3 aromatic rings. The average Bonchev–Trinajstić information content (AvgIpc) is 3.11. The molecule has 2 heterocycles. The molecule has 27 heavy (non-hydrogen) atoms. The van der Waals surface area contributed by atoms with Gasteiger partial charge in [-0.05, 0) is 30.4 Å². The quantitative estimate of drug-likeness (QED) is 0.626. The maximum Gasteiger partial charge on any atom is 0.268 e. The summed E-state index contributed by atoms with van der Waals surface area (Å²) in [4.78, 5) is 34.0. The normalized spacial score (nSPS) is 12.4. The summed E-state index contributed by atoms with van der Waals surface area (Å²) in [5.41, 5.74) is 1.67. The number of fused-ring (bicyclic) bond motifs is 1. The van der Waals surface area contributed by atoms with E-state index in [0.717, 1.165) is 12.0 Å². The SMILES string of the molecule is CC[C@H](C)NC(=O)CN(Cc1ccccc1)Cc1nc2ccsc2c(=O)[nH]1. The highest BCUT2D eigenvalue weighted by Crippen LogP contribution is 2.15. The molecule has 0 spiro atoms. The third-order valence-electron chi connectivity index (χ3n) is 4.37. The molecule has 1 amide bonds. The summed E-state index contributed by atoms with van der Waals surface area (Å²) in [7, 11) is 0. The van der Waals surface area contributed by atoms with Crippen molar-refractivity contribution < 1.29 is 4.79 Å². The Bertz CT molecular complexity index is 951. The number of H-pyrrole nitrogens is 1. The van der Waals surface area contributed by atoms with Gasteiger partial charge in [0.25, 0.3) is 5.56 Å². The van der Waals surface area contributed by atoms with Crippen LogP contribution >= 0.6 is 11.3 Å². The molecular formula is C20H24N4O2S. The zero-order chi connectivity index (χ0) is 19.2. The number of hydrogen-bond donors (Lipinski definition) is 2. The smallest absolute Gasteiger partial charge is 0.268 e. The van der Waals surface area contributed by atoms with E-state index in [2.05, 4.69) is 15.3 Å². The summed E-state index contributed by atoms with van der Waals surface area (Å²) in [6, 6.07) is 11.9. The molecule has 3 rings (SSSR count). The van der Waals surface area contributed by atoms with Gasteiger partial charge in [0.15, 0.2) is 0 Å². The van der Waals surface area contributed by atoms with Crippen molar-refractivity contribution in [3.63, 3.8) is 0 Å². The van der Waals surface area contributed by atoms with Gasteiger partial charge in [0.05, 0.1) is 18.6 Å². The minimum Gasteiger partial charge on any atom is -0.353 e. The van der Waals surface area contributed by atoms with Crippen molar-refractivity contribution in [1.29, 1.82) is 0 Å².